The highest BCUT2D eigenvalue weighted by Crippen LogP contribution is 2.23. The molecular formula is C21H23N3O3S. The number of nitrogens with zero attached hydrogens (tertiary/aromatic N) is 2. The van der Waals surface area contributed by atoms with Crippen LogP contribution >= 0.6 is 11.8 Å². The van der Waals surface area contributed by atoms with E-state index < -0.39 is 0 Å². The zero-order valence-corrected chi connectivity index (χ0v) is 17.2. The maximum Gasteiger partial charge on any atom is 0.234 e. The van der Waals surface area contributed by atoms with Crippen molar-refractivity contribution in [2.24, 2.45) is 0 Å². The molecule has 0 bridgehead atoms. The molecule has 3 aromatic rings. The number of benzene rings is 1. The molecule has 0 unspecified atom stereocenters. The lowest BCUT2D eigenvalue weighted by Gasteiger charge is -2.08. The van der Waals surface area contributed by atoms with E-state index in [1.807, 2.05) is 39.0 Å². The maximum absolute atomic E-state index is 12.1. The number of ether oxygens (including phenoxy) is 1. The molecule has 1 amide bonds. The summed E-state index contributed by atoms with van der Waals surface area (Å²) in [5.74, 6) is 2.97. The number of nitrogens with one attached hydrogen (secondary N) is 1. The fourth-order valence-electron chi connectivity index (χ4n) is 2.56. The van der Waals surface area contributed by atoms with Gasteiger partial charge in [0.1, 0.15) is 11.5 Å². The van der Waals surface area contributed by atoms with Crippen LogP contribution in [0.15, 0.2) is 41.1 Å². The average molecular weight is 398 g/mol. The first-order chi connectivity index (χ1) is 13.4. The van der Waals surface area contributed by atoms with Gasteiger partial charge >= 0.3 is 0 Å². The molecule has 0 radical (unpaired) electrons. The Morgan fingerprint density at radius 3 is 2.61 bits per heavy atom. The van der Waals surface area contributed by atoms with Crippen LogP contribution in [0.4, 0.5) is 5.69 Å². The number of pyridine rings is 1. The van der Waals surface area contributed by atoms with Gasteiger partial charge in [-0.25, -0.2) is 4.98 Å². The number of carbonyl (C=O) groups excluding carboxylic acids is 1. The highest BCUT2D eigenvalue weighted by molar-refractivity contribution is 7.99. The molecule has 1 aromatic carbocycles. The smallest absolute Gasteiger partial charge is 0.234 e. The molecule has 0 aliphatic carbocycles. The molecule has 2 heterocycles. The van der Waals surface area contributed by atoms with Crippen LogP contribution < -0.4 is 10.1 Å². The van der Waals surface area contributed by atoms with E-state index in [-0.39, 0.29) is 5.91 Å². The van der Waals surface area contributed by atoms with E-state index in [9.17, 15) is 4.79 Å². The summed E-state index contributed by atoms with van der Waals surface area (Å²) in [7, 11) is 0. The van der Waals surface area contributed by atoms with Gasteiger partial charge in [0.25, 0.3) is 0 Å². The van der Waals surface area contributed by atoms with Gasteiger partial charge in [-0.2, -0.15) is 0 Å². The van der Waals surface area contributed by atoms with Crippen LogP contribution in [0, 0.1) is 27.7 Å². The molecule has 2 aromatic heterocycles. The summed E-state index contributed by atoms with van der Waals surface area (Å²) >= 11 is 1.52. The fraction of sp³-hybridized carbons (Fsp3) is 0.286. The quantitative estimate of drug-likeness (QED) is 0.607. The molecular weight excluding hydrogens is 374 g/mol. The third-order valence-electron chi connectivity index (χ3n) is 4.38. The van der Waals surface area contributed by atoms with Gasteiger partial charge in [0.05, 0.1) is 23.3 Å². The molecule has 1 N–H and O–H groups in total. The van der Waals surface area contributed by atoms with Crippen LogP contribution in [0.5, 0.6) is 11.6 Å². The van der Waals surface area contributed by atoms with E-state index >= 15 is 0 Å². The summed E-state index contributed by atoms with van der Waals surface area (Å²) in [5, 5.41) is 6.76. The van der Waals surface area contributed by atoms with Crippen LogP contribution in [0.3, 0.4) is 0 Å². The molecule has 7 heteroatoms. The largest absolute Gasteiger partial charge is 0.439 e. The number of carbonyl (C=O) groups is 1. The average Bonchev–Trinajstić information content (AvgIpc) is 2.98. The van der Waals surface area contributed by atoms with Crippen molar-refractivity contribution in [1.82, 2.24) is 10.1 Å². The van der Waals surface area contributed by atoms with Crippen molar-refractivity contribution in [3.8, 4) is 11.6 Å². The Balaban J connectivity index is 1.49. The van der Waals surface area contributed by atoms with Gasteiger partial charge in [-0.05, 0) is 57.0 Å². The van der Waals surface area contributed by atoms with E-state index in [1.165, 1.54) is 17.3 Å². The second-order valence-electron chi connectivity index (χ2n) is 6.58. The van der Waals surface area contributed by atoms with Crippen molar-refractivity contribution in [2.75, 3.05) is 11.1 Å². The van der Waals surface area contributed by atoms with Crippen molar-refractivity contribution in [3.05, 3.63) is 64.7 Å². The molecule has 0 aliphatic rings. The van der Waals surface area contributed by atoms with Crippen molar-refractivity contribution in [2.45, 2.75) is 33.4 Å². The minimum atomic E-state index is -0.0820. The number of aromatic nitrogens is 2. The normalized spacial score (nSPS) is 10.7. The van der Waals surface area contributed by atoms with Gasteiger partial charge in [0.15, 0.2) is 0 Å². The van der Waals surface area contributed by atoms with E-state index in [0.29, 0.717) is 23.1 Å². The standard InChI is InChI=1S/C21H23N3O3S/c1-13-5-7-18(9-14(13)2)26-21-8-6-17(10-22-21)23-20(25)12-28-11-19-15(3)24-27-16(19)4/h5-10H,11-12H2,1-4H3,(H,23,25). The van der Waals surface area contributed by atoms with Gasteiger partial charge in [0, 0.05) is 17.4 Å². The lowest BCUT2D eigenvalue weighted by Crippen LogP contribution is -2.14. The molecule has 0 saturated heterocycles. The lowest BCUT2D eigenvalue weighted by molar-refractivity contribution is -0.113. The predicted octanol–water partition coefficient (Wildman–Crippen LogP) is 4.97. The first-order valence-corrected chi connectivity index (χ1v) is 10.1. The van der Waals surface area contributed by atoms with Crippen LogP contribution in [-0.4, -0.2) is 21.8 Å². The van der Waals surface area contributed by atoms with E-state index in [1.54, 1.807) is 18.3 Å². The van der Waals surface area contributed by atoms with Gasteiger partial charge in [-0.1, -0.05) is 11.2 Å². The van der Waals surface area contributed by atoms with Crippen molar-refractivity contribution in [1.29, 1.82) is 0 Å². The van der Waals surface area contributed by atoms with Gasteiger partial charge in [-0.3, -0.25) is 4.79 Å². The first-order valence-electron chi connectivity index (χ1n) is 8.93. The predicted molar refractivity (Wildman–Crippen MR) is 111 cm³/mol. The molecule has 6 nitrogen and oxygen atoms in total. The summed E-state index contributed by atoms with van der Waals surface area (Å²) in [6.07, 6.45) is 1.59. The zero-order valence-electron chi connectivity index (χ0n) is 16.4. The van der Waals surface area contributed by atoms with E-state index in [2.05, 4.69) is 22.4 Å². The molecule has 0 fully saturated rings. The Labute approximate surface area is 168 Å². The highest BCUT2D eigenvalue weighted by atomic mass is 32.2. The Morgan fingerprint density at radius 1 is 1.14 bits per heavy atom. The third-order valence-corrected chi connectivity index (χ3v) is 5.34. The number of hydrogen-bond donors (Lipinski definition) is 1. The molecule has 146 valence electrons. The first kappa shape index (κ1) is 19.9. The van der Waals surface area contributed by atoms with Crippen LogP contribution in [-0.2, 0) is 10.5 Å². The number of aryl methyl sites for hydroxylation is 4. The number of anilines is 1. The minimum absolute atomic E-state index is 0.0820. The second kappa shape index (κ2) is 8.93. The van der Waals surface area contributed by atoms with Gasteiger partial charge < -0.3 is 14.6 Å². The second-order valence-corrected chi connectivity index (χ2v) is 7.56. The molecule has 0 saturated carbocycles. The summed E-state index contributed by atoms with van der Waals surface area (Å²) in [6.45, 7) is 7.88. The maximum atomic E-state index is 12.1. The Morgan fingerprint density at radius 2 is 1.96 bits per heavy atom. The molecule has 3 rings (SSSR count). The Hall–Kier alpha value is -2.80. The van der Waals surface area contributed by atoms with E-state index in [4.69, 9.17) is 9.26 Å². The molecule has 0 aliphatic heterocycles. The molecule has 0 spiro atoms. The summed E-state index contributed by atoms with van der Waals surface area (Å²) in [5.41, 5.74) is 4.93. The summed E-state index contributed by atoms with van der Waals surface area (Å²) in [4.78, 5) is 16.4. The SMILES string of the molecule is Cc1ccc(Oc2ccc(NC(=O)CSCc3c(C)noc3C)cn2)cc1C. The lowest BCUT2D eigenvalue weighted by atomic mass is 10.1. The Bertz CT molecular complexity index is 948. The number of thioether (sulfide) groups is 1. The monoisotopic (exact) mass is 397 g/mol. The molecule has 28 heavy (non-hydrogen) atoms. The number of rotatable bonds is 7. The third kappa shape index (κ3) is 5.13. The van der Waals surface area contributed by atoms with Crippen molar-refractivity contribution < 1.29 is 14.1 Å². The fourth-order valence-corrected chi connectivity index (χ4v) is 3.54. The van der Waals surface area contributed by atoms with Crippen LogP contribution in [0.1, 0.15) is 28.1 Å². The Kier molecular flexibility index (Phi) is 6.36. The number of amides is 1. The minimum Gasteiger partial charge on any atom is -0.439 e. The van der Waals surface area contributed by atoms with Crippen LogP contribution in [0.25, 0.3) is 0 Å². The molecule has 0 atom stereocenters. The highest BCUT2D eigenvalue weighted by Gasteiger charge is 2.10. The topological polar surface area (TPSA) is 77.2 Å². The van der Waals surface area contributed by atoms with Crippen molar-refractivity contribution in [3.63, 3.8) is 0 Å². The van der Waals surface area contributed by atoms with Crippen LogP contribution in [0.2, 0.25) is 0 Å². The van der Waals surface area contributed by atoms with Crippen molar-refractivity contribution >= 4 is 23.4 Å². The summed E-state index contributed by atoms with van der Waals surface area (Å²) in [6, 6.07) is 9.42. The number of hydrogen-bond acceptors (Lipinski definition) is 6. The summed E-state index contributed by atoms with van der Waals surface area (Å²) < 4.78 is 10.9. The van der Waals surface area contributed by atoms with E-state index in [0.717, 1.165) is 28.3 Å². The van der Waals surface area contributed by atoms with Gasteiger partial charge in [0.2, 0.25) is 11.8 Å². The van der Waals surface area contributed by atoms with Gasteiger partial charge in [-0.15, -0.1) is 11.8 Å². The zero-order chi connectivity index (χ0) is 20.1.